The molecule has 0 radical (unpaired) electrons. The fraction of sp³-hybridized carbons (Fsp3) is 0.0714. The molecule has 0 spiro atoms. The summed E-state index contributed by atoms with van der Waals surface area (Å²) in [6.07, 6.45) is 3.47. The van der Waals surface area contributed by atoms with Crippen LogP contribution in [0.25, 0.3) is 5.69 Å². The Morgan fingerprint density at radius 2 is 1.86 bits per heavy atom. The number of nitrogen functional groups attached to an aromatic ring is 1. The quantitative estimate of drug-likeness (QED) is 0.711. The van der Waals surface area contributed by atoms with Gasteiger partial charge in [-0.15, -0.1) is 0 Å². The van der Waals surface area contributed by atoms with Crippen LogP contribution in [0.1, 0.15) is 10.5 Å². The molecule has 3 aromatic rings. The van der Waals surface area contributed by atoms with Crippen LogP contribution in [0.4, 0.5) is 11.5 Å². The summed E-state index contributed by atoms with van der Waals surface area (Å²) < 4.78 is 3.23. The van der Waals surface area contributed by atoms with Crippen molar-refractivity contribution in [1.29, 1.82) is 0 Å². The topological polar surface area (TPSA) is 90.8 Å². The van der Waals surface area contributed by atoms with Gasteiger partial charge in [0.1, 0.15) is 0 Å². The number of benzene rings is 1. The van der Waals surface area contributed by atoms with Gasteiger partial charge in [-0.25, -0.2) is 4.68 Å². The van der Waals surface area contributed by atoms with Gasteiger partial charge < -0.3 is 11.1 Å². The van der Waals surface area contributed by atoms with Crippen molar-refractivity contribution in [2.24, 2.45) is 7.05 Å². The van der Waals surface area contributed by atoms with Gasteiger partial charge in [0, 0.05) is 31.2 Å². The summed E-state index contributed by atoms with van der Waals surface area (Å²) >= 11 is 0. The van der Waals surface area contributed by atoms with E-state index in [0.717, 1.165) is 5.69 Å². The van der Waals surface area contributed by atoms with E-state index >= 15 is 0 Å². The summed E-state index contributed by atoms with van der Waals surface area (Å²) in [5.74, 6) is 0.187. The van der Waals surface area contributed by atoms with E-state index in [4.69, 9.17) is 5.73 Å². The lowest BCUT2D eigenvalue weighted by atomic mass is 10.3. The molecule has 0 aliphatic heterocycles. The SMILES string of the molecule is Cn1ccc(NC(=O)c2ccn(-c3ccc(N)cc3)n2)n1. The molecule has 106 valence electrons. The molecule has 2 aromatic heterocycles. The van der Waals surface area contributed by atoms with Gasteiger partial charge in [0.25, 0.3) is 5.91 Å². The van der Waals surface area contributed by atoms with E-state index in [1.807, 2.05) is 12.1 Å². The fourth-order valence-corrected chi connectivity index (χ4v) is 1.88. The van der Waals surface area contributed by atoms with E-state index in [1.54, 1.807) is 53.1 Å². The Balaban J connectivity index is 1.78. The molecule has 7 heteroatoms. The summed E-state index contributed by atoms with van der Waals surface area (Å²) in [6, 6.07) is 10.6. The highest BCUT2D eigenvalue weighted by Crippen LogP contribution is 2.11. The number of carbonyl (C=O) groups excluding carboxylic acids is 1. The van der Waals surface area contributed by atoms with Gasteiger partial charge in [-0.05, 0) is 30.3 Å². The van der Waals surface area contributed by atoms with Gasteiger partial charge in [-0.3, -0.25) is 9.48 Å². The minimum Gasteiger partial charge on any atom is -0.399 e. The molecule has 0 bridgehead atoms. The standard InChI is InChI=1S/C14H14N6O/c1-19-8-7-13(18-19)16-14(21)12-6-9-20(17-12)11-4-2-10(15)3-5-11/h2-9H,15H2,1H3,(H,16,18,21). The summed E-state index contributed by atoms with van der Waals surface area (Å²) in [7, 11) is 1.78. The number of anilines is 2. The van der Waals surface area contributed by atoms with E-state index in [1.165, 1.54) is 0 Å². The third-order valence-electron chi connectivity index (χ3n) is 2.93. The van der Waals surface area contributed by atoms with Crippen molar-refractivity contribution in [3.8, 4) is 5.69 Å². The van der Waals surface area contributed by atoms with E-state index in [2.05, 4.69) is 15.5 Å². The lowest BCUT2D eigenvalue weighted by molar-refractivity contribution is 0.102. The maximum Gasteiger partial charge on any atom is 0.277 e. The highest BCUT2D eigenvalue weighted by Gasteiger charge is 2.11. The second kappa shape index (κ2) is 5.12. The molecule has 1 aromatic carbocycles. The smallest absolute Gasteiger partial charge is 0.277 e. The third-order valence-corrected chi connectivity index (χ3v) is 2.93. The van der Waals surface area contributed by atoms with Crippen LogP contribution in [0.5, 0.6) is 0 Å². The predicted octanol–water partition coefficient (Wildman–Crippen LogP) is 1.44. The highest BCUT2D eigenvalue weighted by atomic mass is 16.2. The molecule has 21 heavy (non-hydrogen) atoms. The largest absolute Gasteiger partial charge is 0.399 e. The van der Waals surface area contributed by atoms with Gasteiger partial charge in [-0.2, -0.15) is 10.2 Å². The van der Waals surface area contributed by atoms with Crippen molar-refractivity contribution < 1.29 is 4.79 Å². The average molecular weight is 282 g/mol. The molecule has 0 saturated carbocycles. The molecule has 0 saturated heterocycles. The summed E-state index contributed by atoms with van der Waals surface area (Å²) in [5, 5.41) is 11.0. The number of hydrogen-bond donors (Lipinski definition) is 2. The van der Waals surface area contributed by atoms with Crippen molar-refractivity contribution in [3.05, 3.63) is 54.5 Å². The molecular formula is C14H14N6O. The van der Waals surface area contributed by atoms with Crippen LogP contribution in [0.2, 0.25) is 0 Å². The molecule has 3 N–H and O–H groups in total. The molecule has 2 heterocycles. The zero-order chi connectivity index (χ0) is 14.8. The molecule has 3 rings (SSSR count). The maximum absolute atomic E-state index is 12.1. The first kappa shape index (κ1) is 12.9. The van der Waals surface area contributed by atoms with Gasteiger partial charge >= 0.3 is 0 Å². The molecule has 7 nitrogen and oxygen atoms in total. The number of hydrogen-bond acceptors (Lipinski definition) is 4. The monoisotopic (exact) mass is 282 g/mol. The minimum atomic E-state index is -0.303. The molecule has 0 aliphatic carbocycles. The van der Waals surface area contributed by atoms with Crippen LogP contribution in [0.3, 0.4) is 0 Å². The summed E-state index contributed by atoms with van der Waals surface area (Å²) in [4.78, 5) is 12.1. The molecule has 1 amide bonds. The van der Waals surface area contributed by atoms with Gasteiger partial charge in [0.15, 0.2) is 11.5 Å². The Morgan fingerprint density at radius 3 is 2.52 bits per heavy atom. The first-order chi connectivity index (χ1) is 10.1. The molecule has 0 fully saturated rings. The van der Waals surface area contributed by atoms with E-state index in [9.17, 15) is 4.79 Å². The molecule has 0 atom stereocenters. The summed E-state index contributed by atoms with van der Waals surface area (Å²) in [5.41, 5.74) is 7.47. The Hall–Kier alpha value is -3.09. The molecule has 0 unspecified atom stereocenters. The lowest BCUT2D eigenvalue weighted by Crippen LogP contribution is -2.13. The van der Waals surface area contributed by atoms with Crippen molar-refractivity contribution in [3.63, 3.8) is 0 Å². The first-order valence-electron chi connectivity index (χ1n) is 6.34. The third kappa shape index (κ3) is 2.76. The lowest BCUT2D eigenvalue weighted by Gasteiger charge is -2.01. The zero-order valence-corrected chi connectivity index (χ0v) is 11.4. The van der Waals surface area contributed by atoms with Crippen LogP contribution < -0.4 is 11.1 Å². The molecule has 0 aliphatic rings. The second-order valence-electron chi connectivity index (χ2n) is 4.57. The minimum absolute atomic E-state index is 0.303. The Kier molecular flexibility index (Phi) is 3.15. The van der Waals surface area contributed by atoms with E-state index in [-0.39, 0.29) is 5.91 Å². The number of nitrogens with one attached hydrogen (secondary N) is 1. The number of rotatable bonds is 3. The highest BCUT2D eigenvalue weighted by molar-refractivity contribution is 6.02. The zero-order valence-electron chi connectivity index (χ0n) is 11.4. The number of aromatic nitrogens is 4. The summed E-state index contributed by atoms with van der Waals surface area (Å²) in [6.45, 7) is 0. The number of aryl methyl sites for hydroxylation is 1. The van der Waals surface area contributed by atoms with Crippen molar-refractivity contribution in [2.75, 3.05) is 11.1 Å². The van der Waals surface area contributed by atoms with Crippen molar-refractivity contribution in [2.45, 2.75) is 0 Å². The first-order valence-corrected chi connectivity index (χ1v) is 6.34. The number of nitrogens with two attached hydrogens (primary N) is 1. The average Bonchev–Trinajstić information content (AvgIpc) is 3.09. The van der Waals surface area contributed by atoms with Crippen LogP contribution in [0, 0.1) is 0 Å². The fourth-order valence-electron chi connectivity index (χ4n) is 1.88. The van der Waals surface area contributed by atoms with Crippen molar-refractivity contribution >= 4 is 17.4 Å². The second-order valence-corrected chi connectivity index (χ2v) is 4.57. The van der Waals surface area contributed by atoms with Crippen LogP contribution in [-0.2, 0) is 7.05 Å². The normalized spacial score (nSPS) is 10.5. The molecular weight excluding hydrogens is 268 g/mol. The predicted molar refractivity (Wildman–Crippen MR) is 79.1 cm³/mol. The number of amides is 1. The van der Waals surface area contributed by atoms with E-state index < -0.39 is 0 Å². The number of carbonyl (C=O) groups is 1. The van der Waals surface area contributed by atoms with Gasteiger partial charge in [0.2, 0.25) is 0 Å². The van der Waals surface area contributed by atoms with Crippen LogP contribution in [-0.4, -0.2) is 25.5 Å². The van der Waals surface area contributed by atoms with Crippen LogP contribution in [0.15, 0.2) is 48.8 Å². The van der Waals surface area contributed by atoms with Gasteiger partial charge in [-0.1, -0.05) is 0 Å². The van der Waals surface area contributed by atoms with Crippen molar-refractivity contribution in [1.82, 2.24) is 19.6 Å². The van der Waals surface area contributed by atoms with Crippen LogP contribution >= 0.6 is 0 Å². The Bertz CT molecular complexity index is 771. The Labute approximate surface area is 121 Å². The Morgan fingerprint density at radius 1 is 1.10 bits per heavy atom. The number of nitrogens with zero attached hydrogens (tertiary/aromatic N) is 4. The van der Waals surface area contributed by atoms with E-state index in [0.29, 0.717) is 17.2 Å². The van der Waals surface area contributed by atoms with Gasteiger partial charge in [0.05, 0.1) is 5.69 Å². The maximum atomic E-state index is 12.1.